The van der Waals surface area contributed by atoms with Crippen molar-refractivity contribution in [3.05, 3.63) is 102 Å². The molecule has 9 nitrogen and oxygen atoms in total. The number of methoxy groups -OCH3 is 1. The third-order valence-electron chi connectivity index (χ3n) is 6.76. The van der Waals surface area contributed by atoms with Gasteiger partial charge in [-0.1, -0.05) is 54.6 Å². The van der Waals surface area contributed by atoms with Crippen LogP contribution in [-0.2, 0) is 32.0 Å². The second-order valence-corrected chi connectivity index (χ2v) is 9.43. The molecule has 204 valence electrons. The van der Waals surface area contributed by atoms with E-state index in [9.17, 15) is 14.4 Å². The summed E-state index contributed by atoms with van der Waals surface area (Å²) in [6.45, 7) is -0.266. The molecule has 2 atom stereocenters. The van der Waals surface area contributed by atoms with Crippen LogP contribution >= 0.6 is 0 Å². The third-order valence-corrected chi connectivity index (χ3v) is 6.76. The largest absolute Gasteiger partial charge is 0.484 e. The fourth-order valence-corrected chi connectivity index (χ4v) is 4.76. The molecule has 0 saturated heterocycles. The number of rotatable bonds is 11. The van der Waals surface area contributed by atoms with Crippen LogP contribution in [0, 0.1) is 0 Å². The van der Waals surface area contributed by atoms with Gasteiger partial charge in [-0.25, -0.2) is 4.79 Å². The SMILES string of the molecule is COC(=O)[C@@H](Cc1c[nH]c2ccccc12)NC(=O)[C@H](Cc1c[nH]c2ccccc12)NC(=O)COc1ccccc1. The number of nitrogens with one attached hydrogen (secondary N) is 4. The third kappa shape index (κ3) is 6.15. The van der Waals surface area contributed by atoms with Crippen LogP contribution < -0.4 is 15.4 Å². The quantitative estimate of drug-likeness (QED) is 0.191. The van der Waals surface area contributed by atoms with Crippen molar-refractivity contribution in [1.82, 2.24) is 20.6 Å². The zero-order valence-electron chi connectivity index (χ0n) is 22.0. The first-order valence-electron chi connectivity index (χ1n) is 13.0. The Bertz CT molecular complexity index is 1620. The van der Waals surface area contributed by atoms with Crippen LogP contribution in [0.15, 0.2) is 91.3 Å². The van der Waals surface area contributed by atoms with Gasteiger partial charge >= 0.3 is 5.97 Å². The van der Waals surface area contributed by atoms with Crippen LogP contribution in [0.25, 0.3) is 21.8 Å². The minimum Gasteiger partial charge on any atom is -0.484 e. The summed E-state index contributed by atoms with van der Waals surface area (Å²) in [6, 6.07) is 22.5. The number of para-hydroxylation sites is 3. The van der Waals surface area contributed by atoms with E-state index in [0.29, 0.717) is 5.75 Å². The number of fused-ring (bicyclic) bond motifs is 2. The van der Waals surface area contributed by atoms with Gasteiger partial charge in [0.2, 0.25) is 5.91 Å². The highest BCUT2D eigenvalue weighted by Gasteiger charge is 2.29. The first-order valence-corrected chi connectivity index (χ1v) is 13.0. The van der Waals surface area contributed by atoms with Crippen molar-refractivity contribution in [1.29, 1.82) is 0 Å². The fraction of sp³-hybridized carbons (Fsp3) is 0.194. The van der Waals surface area contributed by atoms with E-state index in [1.54, 1.807) is 24.3 Å². The van der Waals surface area contributed by atoms with Gasteiger partial charge in [-0.3, -0.25) is 9.59 Å². The molecule has 4 N–H and O–H groups in total. The van der Waals surface area contributed by atoms with Crippen molar-refractivity contribution in [3.8, 4) is 5.75 Å². The number of esters is 1. The number of H-pyrrole nitrogens is 2. The lowest BCUT2D eigenvalue weighted by molar-refractivity contribution is -0.145. The molecule has 0 aliphatic rings. The fourth-order valence-electron chi connectivity index (χ4n) is 4.76. The molecule has 0 aliphatic carbocycles. The van der Waals surface area contributed by atoms with Gasteiger partial charge in [-0.2, -0.15) is 0 Å². The van der Waals surface area contributed by atoms with Crippen molar-refractivity contribution in [2.24, 2.45) is 0 Å². The molecule has 5 rings (SSSR count). The Labute approximate surface area is 230 Å². The van der Waals surface area contributed by atoms with Crippen LogP contribution in [0.4, 0.5) is 0 Å². The molecule has 2 heterocycles. The monoisotopic (exact) mass is 538 g/mol. The number of benzene rings is 3. The average molecular weight is 539 g/mol. The van der Waals surface area contributed by atoms with Gasteiger partial charge in [0, 0.05) is 47.0 Å². The number of aromatic nitrogens is 2. The summed E-state index contributed by atoms with van der Waals surface area (Å²) in [4.78, 5) is 45.7. The second-order valence-electron chi connectivity index (χ2n) is 9.43. The van der Waals surface area contributed by atoms with Crippen LogP contribution in [0.1, 0.15) is 11.1 Å². The van der Waals surface area contributed by atoms with E-state index in [1.807, 2.05) is 67.0 Å². The summed E-state index contributed by atoms with van der Waals surface area (Å²) in [6.07, 6.45) is 4.06. The second kappa shape index (κ2) is 12.2. The highest BCUT2D eigenvalue weighted by Crippen LogP contribution is 2.21. The lowest BCUT2D eigenvalue weighted by Crippen LogP contribution is -2.54. The highest BCUT2D eigenvalue weighted by molar-refractivity contribution is 5.93. The van der Waals surface area contributed by atoms with E-state index in [-0.39, 0.29) is 19.4 Å². The molecule has 2 amide bonds. The Balaban J connectivity index is 1.35. The lowest BCUT2D eigenvalue weighted by atomic mass is 10.0. The maximum absolute atomic E-state index is 13.6. The van der Waals surface area contributed by atoms with Crippen molar-refractivity contribution >= 4 is 39.6 Å². The minimum absolute atomic E-state index is 0.202. The number of amides is 2. The zero-order chi connectivity index (χ0) is 27.9. The summed E-state index contributed by atoms with van der Waals surface area (Å²) in [5.74, 6) is -1.01. The smallest absolute Gasteiger partial charge is 0.328 e. The maximum Gasteiger partial charge on any atom is 0.328 e. The van der Waals surface area contributed by atoms with E-state index < -0.39 is 29.9 Å². The molecule has 0 radical (unpaired) electrons. The van der Waals surface area contributed by atoms with E-state index in [4.69, 9.17) is 9.47 Å². The summed E-state index contributed by atoms with van der Waals surface area (Å²) < 4.78 is 10.6. The standard InChI is InChI=1S/C31H30N4O5/c1-39-31(38)28(16-21-18-33-26-14-8-6-12-24(21)26)35-30(37)27(15-20-17-32-25-13-7-5-11-23(20)25)34-29(36)19-40-22-9-3-2-4-10-22/h2-14,17-18,27-28,32-33H,15-16,19H2,1H3,(H,34,36)(H,35,37)/t27-,28+/m0/s1. The van der Waals surface area contributed by atoms with E-state index in [1.165, 1.54) is 7.11 Å². The Morgan fingerprint density at radius 2 is 1.27 bits per heavy atom. The number of hydrogen-bond acceptors (Lipinski definition) is 5. The maximum atomic E-state index is 13.6. The van der Waals surface area contributed by atoms with E-state index >= 15 is 0 Å². The Morgan fingerprint density at radius 3 is 1.88 bits per heavy atom. The topological polar surface area (TPSA) is 125 Å². The minimum atomic E-state index is -0.971. The average Bonchev–Trinajstić information content (AvgIpc) is 3.59. The Morgan fingerprint density at radius 1 is 0.725 bits per heavy atom. The van der Waals surface area contributed by atoms with Gasteiger partial charge in [0.1, 0.15) is 17.8 Å². The Kier molecular flexibility index (Phi) is 8.10. The summed E-state index contributed by atoms with van der Waals surface area (Å²) in [5, 5.41) is 7.50. The van der Waals surface area contributed by atoms with Crippen LogP contribution in [0.3, 0.4) is 0 Å². The van der Waals surface area contributed by atoms with E-state index in [0.717, 1.165) is 32.9 Å². The number of carbonyl (C=O) groups excluding carboxylic acids is 3. The summed E-state index contributed by atoms with van der Waals surface area (Å²) >= 11 is 0. The van der Waals surface area contributed by atoms with Crippen molar-refractivity contribution < 1.29 is 23.9 Å². The molecule has 0 spiro atoms. The van der Waals surface area contributed by atoms with Crippen LogP contribution in [-0.4, -0.2) is 53.6 Å². The first kappa shape index (κ1) is 26.6. The van der Waals surface area contributed by atoms with Gasteiger partial charge in [0.05, 0.1) is 7.11 Å². The van der Waals surface area contributed by atoms with Crippen molar-refractivity contribution in [3.63, 3.8) is 0 Å². The Hall–Kier alpha value is -5.05. The molecule has 0 saturated carbocycles. The van der Waals surface area contributed by atoms with Gasteiger partial charge in [0.25, 0.3) is 5.91 Å². The number of hydrogen-bond donors (Lipinski definition) is 4. The van der Waals surface area contributed by atoms with Gasteiger partial charge < -0.3 is 30.1 Å². The molecule has 0 fully saturated rings. The first-order chi connectivity index (χ1) is 19.5. The zero-order valence-corrected chi connectivity index (χ0v) is 22.0. The molecular formula is C31H30N4O5. The van der Waals surface area contributed by atoms with Gasteiger partial charge in [-0.15, -0.1) is 0 Å². The molecule has 0 bridgehead atoms. The normalized spacial score (nSPS) is 12.5. The lowest BCUT2D eigenvalue weighted by Gasteiger charge is -2.22. The number of aromatic amines is 2. The molecule has 40 heavy (non-hydrogen) atoms. The molecule has 0 unspecified atom stereocenters. The van der Waals surface area contributed by atoms with Crippen LogP contribution in [0.5, 0.6) is 5.75 Å². The van der Waals surface area contributed by atoms with Gasteiger partial charge in [-0.05, 0) is 35.4 Å². The molecule has 5 aromatic rings. The summed E-state index contributed by atoms with van der Waals surface area (Å²) in [5.41, 5.74) is 3.56. The summed E-state index contributed by atoms with van der Waals surface area (Å²) in [7, 11) is 1.28. The van der Waals surface area contributed by atoms with Crippen LogP contribution in [0.2, 0.25) is 0 Å². The molecular weight excluding hydrogens is 508 g/mol. The van der Waals surface area contributed by atoms with E-state index in [2.05, 4.69) is 20.6 Å². The predicted octanol–water partition coefficient (Wildman–Crippen LogP) is 3.66. The van der Waals surface area contributed by atoms with Crippen molar-refractivity contribution in [2.45, 2.75) is 24.9 Å². The predicted molar refractivity (Wildman–Crippen MR) is 152 cm³/mol. The highest BCUT2D eigenvalue weighted by atomic mass is 16.5. The van der Waals surface area contributed by atoms with Crippen molar-refractivity contribution in [2.75, 3.05) is 13.7 Å². The molecule has 2 aromatic heterocycles. The number of ether oxygens (including phenoxy) is 2. The number of carbonyl (C=O) groups is 3. The molecule has 9 heteroatoms. The van der Waals surface area contributed by atoms with Gasteiger partial charge in [0.15, 0.2) is 6.61 Å². The molecule has 0 aliphatic heterocycles. The molecule has 3 aromatic carbocycles.